The zero-order valence-electron chi connectivity index (χ0n) is 11.1. The maximum atomic E-state index is 11.6. The molecule has 0 saturated carbocycles. The summed E-state index contributed by atoms with van der Waals surface area (Å²) in [4.78, 5) is 13.3. The Kier molecular flexibility index (Phi) is 5.45. The SMILES string of the molecule is COc1ccc(N(CCCN)C(C)=O)cc1OC. The van der Waals surface area contributed by atoms with Crippen LogP contribution in [0.5, 0.6) is 11.5 Å². The number of hydrogen-bond acceptors (Lipinski definition) is 4. The van der Waals surface area contributed by atoms with Gasteiger partial charge in [-0.25, -0.2) is 0 Å². The standard InChI is InChI=1S/C13H20N2O3/c1-10(16)15(8-4-7-14)11-5-6-12(17-2)13(9-11)18-3/h5-6,9H,4,7-8,14H2,1-3H3. The van der Waals surface area contributed by atoms with Gasteiger partial charge in [0.2, 0.25) is 5.91 Å². The fourth-order valence-electron chi connectivity index (χ4n) is 1.71. The van der Waals surface area contributed by atoms with Crippen molar-refractivity contribution in [2.75, 3.05) is 32.2 Å². The lowest BCUT2D eigenvalue weighted by molar-refractivity contribution is -0.116. The number of benzene rings is 1. The Morgan fingerprint density at radius 2 is 1.94 bits per heavy atom. The number of hydrogen-bond donors (Lipinski definition) is 1. The van der Waals surface area contributed by atoms with Crippen LogP contribution in [-0.2, 0) is 4.79 Å². The number of carbonyl (C=O) groups excluding carboxylic acids is 1. The van der Waals surface area contributed by atoms with E-state index in [9.17, 15) is 4.79 Å². The van der Waals surface area contributed by atoms with Gasteiger partial charge in [0.1, 0.15) is 0 Å². The first-order valence-electron chi connectivity index (χ1n) is 5.84. The number of carbonyl (C=O) groups is 1. The van der Waals surface area contributed by atoms with Gasteiger partial charge >= 0.3 is 0 Å². The molecular formula is C13H20N2O3. The maximum absolute atomic E-state index is 11.6. The van der Waals surface area contributed by atoms with Crippen molar-refractivity contribution in [2.45, 2.75) is 13.3 Å². The summed E-state index contributed by atoms with van der Waals surface area (Å²) in [7, 11) is 3.15. The van der Waals surface area contributed by atoms with Crippen molar-refractivity contribution in [3.8, 4) is 11.5 Å². The molecule has 0 fully saturated rings. The summed E-state index contributed by atoms with van der Waals surface area (Å²) in [5, 5.41) is 0. The second-order valence-electron chi connectivity index (χ2n) is 3.85. The minimum absolute atomic E-state index is 0.0179. The van der Waals surface area contributed by atoms with Gasteiger partial charge in [0.25, 0.3) is 0 Å². The predicted octanol–water partition coefficient (Wildman–Crippen LogP) is 1.41. The van der Waals surface area contributed by atoms with Crippen molar-refractivity contribution in [3.05, 3.63) is 18.2 Å². The van der Waals surface area contributed by atoms with Gasteiger partial charge < -0.3 is 20.1 Å². The molecule has 18 heavy (non-hydrogen) atoms. The fourth-order valence-corrected chi connectivity index (χ4v) is 1.71. The van der Waals surface area contributed by atoms with Crippen molar-refractivity contribution in [1.82, 2.24) is 0 Å². The Labute approximate surface area is 107 Å². The Balaban J connectivity index is 3.01. The molecule has 0 aliphatic carbocycles. The highest BCUT2D eigenvalue weighted by atomic mass is 16.5. The molecule has 5 nitrogen and oxygen atoms in total. The molecule has 2 N–H and O–H groups in total. The fraction of sp³-hybridized carbons (Fsp3) is 0.462. The number of rotatable bonds is 6. The number of nitrogens with two attached hydrogens (primary N) is 1. The Bertz CT molecular complexity index is 407. The number of methoxy groups -OCH3 is 2. The van der Waals surface area contributed by atoms with Crippen LogP contribution < -0.4 is 20.1 Å². The average Bonchev–Trinajstić information content (AvgIpc) is 2.38. The average molecular weight is 252 g/mol. The van der Waals surface area contributed by atoms with Crippen LogP contribution in [0.2, 0.25) is 0 Å². The van der Waals surface area contributed by atoms with Crippen molar-refractivity contribution < 1.29 is 14.3 Å². The van der Waals surface area contributed by atoms with Crippen LogP contribution in [0.15, 0.2) is 18.2 Å². The first-order chi connectivity index (χ1) is 8.63. The molecular weight excluding hydrogens is 232 g/mol. The minimum Gasteiger partial charge on any atom is -0.493 e. The van der Waals surface area contributed by atoms with Gasteiger partial charge in [0.15, 0.2) is 11.5 Å². The van der Waals surface area contributed by atoms with Crippen LogP contribution in [0.25, 0.3) is 0 Å². The predicted molar refractivity (Wildman–Crippen MR) is 71.2 cm³/mol. The summed E-state index contributed by atoms with van der Waals surface area (Å²) in [6.07, 6.45) is 0.758. The second kappa shape index (κ2) is 6.86. The third kappa shape index (κ3) is 3.37. The highest BCUT2D eigenvalue weighted by Crippen LogP contribution is 2.31. The van der Waals surface area contributed by atoms with Crippen LogP contribution in [0.3, 0.4) is 0 Å². The summed E-state index contributed by atoms with van der Waals surface area (Å²) in [6, 6.07) is 5.41. The van der Waals surface area contributed by atoms with E-state index in [1.807, 2.05) is 6.07 Å². The third-order valence-corrected chi connectivity index (χ3v) is 2.64. The summed E-state index contributed by atoms with van der Waals surface area (Å²) in [6.45, 7) is 2.69. The summed E-state index contributed by atoms with van der Waals surface area (Å²) >= 11 is 0. The molecule has 0 atom stereocenters. The molecule has 0 aliphatic rings. The van der Waals surface area contributed by atoms with E-state index in [2.05, 4.69) is 0 Å². The molecule has 0 heterocycles. The smallest absolute Gasteiger partial charge is 0.223 e. The normalized spacial score (nSPS) is 10.0. The molecule has 0 unspecified atom stereocenters. The van der Waals surface area contributed by atoms with E-state index in [1.54, 1.807) is 31.3 Å². The number of anilines is 1. The zero-order valence-corrected chi connectivity index (χ0v) is 11.1. The van der Waals surface area contributed by atoms with E-state index in [0.29, 0.717) is 24.6 Å². The van der Waals surface area contributed by atoms with Crippen LogP contribution in [0.4, 0.5) is 5.69 Å². The molecule has 100 valence electrons. The Morgan fingerprint density at radius 1 is 1.28 bits per heavy atom. The lowest BCUT2D eigenvalue weighted by Gasteiger charge is -2.22. The molecule has 0 spiro atoms. The lowest BCUT2D eigenvalue weighted by atomic mass is 10.2. The first kappa shape index (κ1) is 14.3. The van der Waals surface area contributed by atoms with E-state index in [-0.39, 0.29) is 5.91 Å². The van der Waals surface area contributed by atoms with E-state index < -0.39 is 0 Å². The highest BCUT2D eigenvalue weighted by Gasteiger charge is 2.13. The first-order valence-corrected chi connectivity index (χ1v) is 5.84. The van der Waals surface area contributed by atoms with Crippen molar-refractivity contribution in [1.29, 1.82) is 0 Å². The highest BCUT2D eigenvalue weighted by molar-refractivity contribution is 5.91. The van der Waals surface area contributed by atoms with Crippen molar-refractivity contribution in [2.24, 2.45) is 5.73 Å². The lowest BCUT2D eigenvalue weighted by Crippen LogP contribution is -2.30. The topological polar surface area (TPSA) is 64.8 Å². The Hall–Kier alpha value is -1.75. The van der Waals surface area contributed by atoms with Crippen LogP contribution in [0.1, 0.15) is 13.3 Å². The van der Waals surface area contributed by atoms with Gasteiger partial charge in [-0.1, -0.05) is 0 Å². The minimum atomic E-state index is -0.0179. The van der Waals surface area contributed by atoms with E-state index >= 15 is 0 Å². The van der Waals surface area contributed by atoms with E-state index in [4.69, 9.17) is 15.2 Å². The van der Waals surface area contributed by atoms with Gasteiger partial charge in [0.05, 0.1) is 14.2 Å². The molecule has 1 rings (SSSR count). The summed E-state index contributed by atoms with van der Waals surface area (Å²) in [5.41, 5.74) is 6.26. The van der Waals surface area contributed by atoms with Crippen LogP contribution in [0, 0.1) is 0 Å². The largest absolute Gasteiger partial charge is 0.493 e. The quantitative estimate of drug-likeness (QED) is 0.831. The van der Waals surface area contributed by atoms with Crippen molar-refractivity contribution in [3.63, 3.8) is 0 Å². The van der Waals surface area contributed by atoms with E-state index in [0.717, 1.165) is 12.1 Å². The maximum Gasteiger partial charge on any atom is 0.223 e. The molecule has 1 amide bonds. The number of nitrogens with zero attached hydrogens (tertiary/aromatic N) is 1. The van der Waals surface area contributed by atoms with Gasteiger partial charge in [-0.15, -0.1) is 0 Å². The molecule has 0 bridgehead atoms. The molecule has 1 aromatic carbocycles. The van der Waals surface area contributed by atoms with Gasteiger partial charge in [-0.2, -0.15) is 0 Å². The molecule has 0 aromatic heterocycles. The third-order valence-electron chi connectivity index (χ3n) is 2.64. The summed E-state index contributed by atoms with van der Waals surface area (Å²) < 4.78 is 10.4. The number of ether oxygens (including phenoxy) is 2. The van der Waals surface area contributed by atoms with Crippen LogP contribution >= 0.6 is 0 Å². The van der Waals surface area contributed by atoms with Gasteiger partial charge in [0, 0.05) is 25.2 Å². The number of amides is 1. The molecule has 1 aromatic rings. The molecule has 0 saturated heterocycles. The molecule has 0 aliphatic heterocycles. The summed E-state index contributed by atoms with van der Waals surface area (Å²) in [5.74, 6) is 1.23. The Morgan fingerprint density at radius 3 is 2.44 bits per heavy atom. The second-order valence-corrected chi connectivity index (χ2v) is 3.85. The van der Waals surface area contributed by atoms with Gasteiger partial charge in [-0.3, -0.25) is 4.79 Å². The monoisotopic (exact) mass is 252 g/mol. The molecule has 0 radical (unpaired) electrons. The van der Waals surface area contributed by atoms with Crippen LogP contribution in [-0.4, -0.2) is 33.2 Å². The molecule has 5 heteroatoms. The zero-order chi connectivity index (χ0) is 13.5. The van der Waals surface area contributed by atoms with E-state index in [1.165, 1.54) is 6.92 Å². The van der Waals surface area contributed by atoms with Gasteiger partial charge in [-0.05, 0) is 25.1 Å². The van der Waals surface area contributed by atoms with Crippen molar-refractivity contribution >= 4 is 11.6 Å².